The Kier molecular flexibility index (Phi) is 4.75. The number of carbonyl (C=O) groups is 3. The molecule has 1 heterocycles. The van der Waals surface area contributed by atoms with Crippen LogP contribution in [0, 0.1) is 6.92 Å². The predicted molar refractivity (Wildman–Crippen MR) is 80.9 cm³/mol. The van der Waals surface area contributed by atoms with Gasteiger partial charge in [0.2, 0.25) is 0 Å². The first-order valence-electron chi connectivity index (χ1n) is 6.81. The topological polar surface area (TPSA) is 116 Å². The van der Waals surface area contributed by atoms with Crippen LogP contribution in [0.2, 0.25) is 0 Å². The maximum Gasteiger partial charge on any atom is 0.338 e. The van der Waals surface area contributed by atoms with E-state index in [-0.39, 0.29) is 5.56 Å². The number of rotatable bonds is 4. The second kappa shape index (κ2) is 6.73. The van der Waals surface area contributed by atoms with E-state index >= 15 is 0 Å². The Bertz CT molecular complexity index is 736. The normalized spacial score (nSPS) is 11.6. The smallest absolute Gasteiger partial charge is 0.338 e. The van der Waals surface area contributed by atoms with Gasteiger partial charge in [-0.3, -0.25) is 10.1 Å². The number of amides is 3. The Hall–Kier alpha value is -3.16. The summed E-state index contributed by atoms with van der Waals surface area (Å²) in [5.41, 5.74) is 6.85. The van der Waals surface area contributed by atoms with Crippen LogP contribution in [0.4, 0.5) is 4.79 Å². The summed E-state index contributed by atoms with van der Waals surface area (Å²) < 4.78 is 6.69. The second-order valence-electron chi connectivity index (χ2n) is 4.83. The highest BCUT2D eigenvalue weighted by atomic mass is 16.5. The van der Waals surface area contributed by atoms with Gasteiger partial charge in [-0.2, -0.15) is 5.10 Å². The average molecular weight is 316 g/mol. The van der Waals surface area contributed by atoms with Crippen molar-refractivity contribution in [1.82, 2.24) is 15.1 Å². The van der Waals surface area contributed by atoms with E-state index in [9.17, 15) is 14.4 Å². The molecule has 23 heavy (non-hydrogen) atoms. The number of aryl methyl sites for hydroxylation is 1. The van der Waals surface area contributed by atoms with Crippen molar-refractivity contribution in [1.29, 1.82) is 0 Å². The maximum atomic E-state index is 12.0. The number of esters is 1. The number of nitrogens with one attached hydrogen (secondary N) is 1. The van der Waals surface area contributed by atoms with Gasteiger partial charge in [0, 0.05) is 11.9 Å². The van der Waals surface area contributed by atoms with Crippen LogP contribution in [0.3, 0.4) is 0 Å². The highest BCUT2D eigenvalue weighted by Gasteiger charge is 2.20. The van der Waals surface area contributed by atoms with E-state index in [2.05, 4.69) is 5.10 Å². The van der Waals surface area contributed by atoms with Crippen molar-refractivity contribution < 1.29 is 19.1 Å². The first kappa shape index (κ1) is 16.2. The highest BCUT2D eigenvalue weighted by molar-refractivity contribution is 5.98. The lowest BCUT2D eigenvalue weighted by Crippen LogP contribution is -2.42. The monoisotopic (exact) mass is 316 g/mol. The number of hydrogen-bond acceptors (Lipinski definition) is 5. The molecule has 0 aliphatic heterocycles. The summed E-state index contributed by atoms with van der Waals surface area (Å²) in [6, 6.07) is 7.42. The maximum absolute atomic E-state index is 12.0. The Balaban J connectivity index is 2.04. The number of carbonyl (C=O) groups excluding carboxylic acids is 3. The molecule has 0 spiro atoms. The molecule has 2 rings (SSSR count). The molecule has 0 saturated heterocycles. The van der Waals surface area contributed by atoms with Crippen LogP contribution in [0.25, 0.3) is 5.69 Å². The molecule has 1 aromatic carbocycles. The van der Waals surface area contributed by atoms with E-state index in [0.29, 0.717) is 0 Å². The van der Waals surface area contributed by atoms with E-state index in [4.69, 9.17) is 10.5 Å². The fourth-order valence-electron chi connectivity index (χ4n) is 1.88. The Labute approximate surface area is 132 Å². The number of benzene rings is 1. The third-order valence-electron chi connectivity index (χ3n) is 3.08. The molecule has 0 aliphatic rings. The van der Waals surface area contributed by atoms with Crippen LogP contribution in [0.15, 0.2) is 36.5 Å². The molecule has 1 atom stereocenters. The number of hydrogen-bond donors (Lipinski definition) is 2. The molecule has 8 heteroatoms. The molecule has 3 N–H and O–H groups in total. The average Bonchev–Trinajstić information content (AvgIpc) is 2.92. The lowest BCUT2D eigenvalue weighted by atomic mass is 10.2. The van der Waals surface area contributed by atoms with E-state index in [1.807, 2.05) is 18.3 Å². The van der Waals surface area contributed by atoms with Crippen molar-refractivity contribution in [2.45, 2.75) is 20.0 Å². The van der Waals surface area contributed by atoms with Crippen molar-refractivity contribution >= 4 is 17.9 Å². The standard InChI is InChI=1S/C15H16N4O4/c1-9-7-8-17-19(9)12-5-3-11(4-6-12)14(21)23-10(2)13(20)18-15(16)22/h3-8,10H,1-2H3,(H3,16,18,20,22)/t10-/m0/s1. The van der Waals surface area contributed by atoms with Crippen molar-refractivity contribution in [2.75, 3.05) is 0 Å². The number of aromatic nitrogens is 2. The van der Waals surface area contributed by atoms with Crippen molar-refractivity contribution in [3.05, 3.63) is 47.8 Å². The zero-order valence-electron chi connectivity index (χ0n) is 12.6. The van der Waals surface area contributed by atoms with Crippen molar-refractivity contribution in [2.24, 2.45) is 5.73 Å². The molecule has 0 radical (unpaired) electrons. The predicted octanol–water partition coefficient (Wildman–Crippen LogP) is 0.921. The van der Waals surface area contributed by atoms with Gasteiger partial charge in [-0.1, -0.05) is 0 Å². The summed E-state index contributed by atoms with van der Waals surface area (Å²) in [4.78, 5) is 34.0. The highest BCUT2D eigenvalue weighted by Crippen LogP contribution is 2.12. The molecule has 1 aromatic heterocycles. The number of nitrogens with two attached hydrogens (primary N) is 1. The lowest BCUT2D eigenvalue weighted by Gasteiger charge is -2.12. The fourth-order valence-corrected chi connectivity index (χ4v) is 1.88. The Morgan fingerprint density at radius 1 is 1.22 bits per heavy atom. The van der Waals surface area contributed by atoms with Gasteiger partial charge in [0.1, 0.15) is 0 Å². The molecule has 8 nitrogen and oxygen atoms in total. The van der Waals surface area contributed by atoms with E-state index in [0.717, 1.165) is 11.4 Å². The minimum atomic E-state index is -1.14. The minimum absolute atomic E-state index is 0.275. The summed E-state index contributed by atoms with van der Waals surface area (Å²) in [5, 5.41) is 6.01. The van der Waals surface area contributed by atoms with Gasteiger partial charge in [-0.25, -0.2) is 14.3 Å². The van der Waals surface area contributed by atoms with E-state index in [1.165, 1.54) is 6.92 Å². The minimum Gasteiger partial charge on any atom is -0.449 e. The number of imide groups is 1. The number of primary amides is 1. The van der Waals surface area contributed by atoms with E-state index < -0.39 is 24.0 Å². The summed E-state index contributed by atoms with van der Waals surface area (Å²) >= 11 is 0. The number of nitrogens with zero attached hydrogens (tertiary/aromatic N) is 2. The molecule has 3 amide bonds. The van der Waals surface area contributed by atoms with Gasteiger partial charge in [0.25, 0.3) is 5.91 Å². The van der Waals surface area contributed by atoms with Crippen LogP contribution >= 0.6 is 0 Å². The second-order valence-corrected chi connectivity index (χ2v) is 4.83. The quantitative estimate of drug-likeness (QED) is 0.814. The van der Waals surface area contributed by atoms with Gasteiger partial charge in [-0.15, -0.1) is 0 Å². The first-order chi connectivity index (χ1) is 10.9. The zero-order valence-corrected chi connectivity index (χ0v) is 12.6. The summed E-state index contributed by atoms with van der Waals surface area (Å²) in [7, 11) is 0. The molecule has 0 unspecified atom stereocenters. The molecule has 0 aliphatic carbocycles. The van der Waals surface area contributed by atoms with Crippen LogP contribution in [0.5, 0.6) is 0 Å². The molecule has 0 fully saturated rings. The van der Waals surface area contributed by atoms with Gasteiger partial charge in [0.15, 0.2) is 6.10 Å². The third kappa shape index (κ3) is 3.94. The lowest BCUT2D eigenvalue weighted by molar-refractivity contribution is -0.127. The van der Waals surface area contributed by atoms with Crippen molar-refractivity contribution in [3.8, 4) is 5.69 Å². The third-order valence-corrected chi connectivity index (χ3v) is 3.08. The Morgan fingerprint density at radius 2 is 1.87 bits per heavy atom. The van der Waals surface area contributed by atoms with E-state index in [1.54, 1.807) is 35.1 Å². The fraction of sp³-hybridized carbons (Fsp3) is 0.200. The van der Waals surface area contributed by atoms with Crippen LogP contribution in [-0.4, -0.2) is 33.8 Å². The molecule has 0 saturated carbocycles. The molecule has 120 valence electrons. The van der Waals surface area contributed by atoms with Crippen LogP contribution < -0.4 is 11.1 Å². The van der Waals surface area contributed by atoms with Gasteiger partial charge in [-0.05, 0) is 44.2 Å². The Morgan fingerprint density at radius 3 is 2.39 bits per heavy atom. The number of urea groups is 1. The van der Waals surface area contributed by atoms with Crippen LogP contribution in [-0.2, 0) is 9.53 Å². The largest absolute Gasteiger partial charge is 0.449 e. The molecular formula is C15H16N4O4. The van der Waals surface area contributed by atoms with Crippen LogP contribution in [0.1, 0.15) is 23.0 Å². The number of ether oxygens (including phenoxy) is 1. The molecular weight excluding hydrogens is 300 g/mol. The van der Waals surface area contributed by atoms with Crippen molar-refractivity contribution in [3.63, 3.8) is 0 Å². The summed E-state index contributed by atoms with van der Waals surface area (Å²) in [6.45, 7) is 3.26. The first-order valence-corrected chi connectivity index (χ1v) is 6.81. The van der Waals surface area contributed by atoms with Gasteiger partial charge >= 0.3 is 12.0 Å². The van der Waals surface area contributed by atoms with Gasteiger partial charge < -0.3 is 10.5 Å². The summed E-state index contributed by atoms with van der Waals surface area (Å²) in [5.74, 6) is -1.46. The van der Waals surface area contributed by atoms with Gasteiger partial charge in [0.05, 0.1) is 11.3 Å². The molecule has 0 bridgehead atoms. The molecule has 2 aromatic rings. The summed E-state index contributed by atoms with van der Waals surface area (Å²) in [6.07, 6.45) is 0.541. The SMILES string of the molecule is Cc1ccnn1-c1ccc(C(=O)O[C@@H](C)C(=O)NC(N)=O)cc1. The zero-order chi connectivity index (χ0) is 17.0.